The molecule has 0 aliphatic heterocycles. The number of carboxylic acids is 4. The van der Waals surface area contributed by atoms with Crippen LogP contribution in [0, 0.1) is 0 Å². The molecule has 0 aromatic rings. The summed E-state index contributed by atoms with van der Waals surface area (Å²) in [6, 6.07) is 0. The van der Waals surface area contributed by atoms with Crippen LogP contribution in [0.15, 0.2) is 48.6 Å². The summed E-state index contributed by atoms with van der Waals surface area (Å²) in [5.41, 5.74) is 0. The molecule has 504 valence electrons. The molecule has 1 atom stereocenters. The first-order chi connectivity index (χ1) is 41.4. The van der Waals surface area contributed by atoms with E-state index in [0.29, 0.717) is 25.7 Å². The number of aliphatic carboxylic acids is 4. The maximum atomic E-state index is 10.3. The molecule has 0 rings (SSSR count). The van der Waals surface area contributed by atoms with Gasteiger partial charge in [-0.25, -0.2) is 0 Å². The van der Waals surface area contributed by atoms with Gasteiger partial charge in [0.05, 0.1) is 12.7 Å². The fourth-order valence-electron chi connectivity index (χ4n) is 9.39. The van der Waals surface area contributed by atoms with Crippen molar-refractivity contribution in [2.45, 2.75) is 400 Å². The average Bonchev–Trinajstić information content (AvgIpc) is 3.47. The van der Waals surface area contributed by atoms with Crippen LogP contribution in [0.4, 0.5) is 0 Å². The van der Waals surface area contributed by atoms with E-state index in [1.54, 1.807) is 0 Å². The van der Waals surface area contributed by atoms with Crippen LogP contribution >= 0.6 is 0 Å². The number of carboxylic acid groups (broad SMARTS) is 4. The molecule has 1 unspecified atom stereocenters. The van der Waals surface area contributed by atoms with E-state index in [4.69, 9.17) is 30.6 Å². The van der Waals surface area contributed by atoms with Gasteiger partial charge in [-0.3, -0.25) is 19.2 Å². The Balaban J connectivity index is -0.000000325. The topological polar surface area (TPSA) is 190 Å². The number of carbonyl (C=O) groups is 4. The van der Waals surface area contributed by atoms with Gasteiger partial charge in [-0.2, -0.15) is 0 Å². The molecule has 0 aromatic heterocycles. The van der Waals surface area contributed by atoms with E-state index in [-0.39, 0.29) is 6.61 Å². The number of hydrogen-bond acceptors (Lipinski definition) is 6. The monoisotopic (exact) mass is 1210 g/mol. The highest BCUT2D eigenvalue weighted by atomic mass is 16.4. The molecule has 0 bridgehead atoms. The Morgan fingerprint density at radius 1 is 0.247 bits per heavy atom. The van der Waals surface area contributed by atoms with E-state index in [9.17, 15) is 19.2 Å². The quantitative estimate of drug-likeness (QED) is 0.0252. The fraction of sp³-hybridized carbons (Fsp3) is 0.840. The Morgan fingerprint density at radius 3 is 0.482 bits per heavy atom. The van der Waals surface area contributed by atoms with Crippen LogP contribution in [-0.2, 0) is 19.2 Å². The molecule has 0 saturated carbocycles. The summed E-state index contributed by atoms with van der Waals surface area (Å²) in [5.74, 6) is -2.66. The molecule has 0 aliphatic rings. The summed E-state index contributed by atoms with van der Waals surface area (Å²) in [7, 11) is 0. The Morgan fingerprint density at radius 2 is 0.365 bits per heavy atom. The van der Waals surface area contributed by atoms with Gasteiger partial charge in [0.2, 0.25) is 0 Å². The number of unbranched alkanes of at least 4 members (excludes halogenated alkanes) is 44. The van der Waals surface area contributed by atoms with Gasteiger partial charge in [0.25, 0.3) is 0 Å². The first-order valence-electron chi connectivity index (χ1n) is 36.1. The maximum Gasteiger partial charge on any atom is 0.303 e. The minimum atomic E-state index is -0.664. The molecule has 0 amide bonds. The summed E-state index contributed by atoms with van der Waals surface area (Å²) in [6.07, 6.45) is 84.4. The van der Waals surface area contributed by atoms with E-state index in [2.05, 4.69) is 76.3 Å². The fourth-order valence-corrected chi connectivity index (χ4v) is 9.39. The predicted molar refractivity (Wildman–Crippen MR) is 367 cm³/mol. The van der Waals surface area contributed by atoms with Gasteiger partial charge in [0.1, 0.15) is 0 Å². The zero-order valence-corrected chi connectivity index (χ0v) is 56.8. The Labute approximate surface area is 526 Å². The third-order valence-corrected chi connectivity index (χ3v) is 14.9. The largest absolute Gasteiger partial charge is 0.481 e. The predicted octanol–water partition coefficient (Wildman–Crippen LogP) is 23.8. The van der Waals surface area contributed by atoms with Gasteiger partial charge >= 0.3 is 23.9 Å². The van der Waals surface area contributed by atoms with Crippen LogP contribution in [-0.4, -0.2) is 67.2 Å². The normalized spacial score (nSPS) is 11.5. The van der Waals surface area contributed by atoms with Crippen LogP contribution in [0.5, 0.6) is 0 Å². The Kier molecular flexibility index (Phi) is 92.8. The van der Waals surface area contributed by atoms with Gasteiger partial charge in [-0.05, 0) is 135 Å². The first-order valence-corrected chi connectivity index (χ1v) is 36.1. The molecule has 0 spiro atoms. The van der Waals surface area contributed by atoms with Crippen LogP contribution in [0.2, 0.25) is 0 Å². The van der Waals surface area contributed by atoms with Crippen molar-refractivity contribution in [1.82, 2.24) is 0 Å². The van der Waals surface area contributed by atoms with Gasteiger partial charge in [-0.15, -0.1) is 0 Å². The van der Waals surface area contributed by atoms with Gasteiger partial charge < -0.3 is 30.6 Å². The minimum Gasteiger partial charge on any atom is -0.481 e. The van der Waals surface area contributed by atoms with Crippen LogP contribution in [0.1, 0.15) is 394 Å². The van der Waals surface area contributed by atoms with Crippen molar-refractivity contribution in [3.63, 3.8) is 0 Å². The zero-order chi connectivity index (χ0) is 63.8. The molecule has 0 fully saturated rings. The van der Waals surface area contributed by atoms with Gasteiger partial charge in [-0.1, -0.05) is 282 Å². The molecule has 0 heterocycles. The standard InChI is InChI=1S/4C18H34O2.C3H8O2/c4*1-2-3-4-5-6-7-8-9-10-11-12-13-14-15-16-17-18(19)20;1-3(5)2-4/h4*9-10H,2-8,11-17H2,1H3,(H,19,20);3-5H,2H2,1H3/b4*10-9-;. The summed E-state index contributed by atoms with van der Waals surface area (Å²) < 4.78 is 0. The SMILES string of the molecule is CC(O)CO.CCCCCCCC/C=C\CCCCCCCC(=O)O.CCCCCCCC/C=C\CCCCCCCC(=O)O.CCCCCCCC/C=C\CCCCCCCC(=O)O.CCCCCCCC/C=C\CCCCCCCC(=O)O. The molecule has 0 aromatic carbocycles. The smallest absolute Gasteiger partial charge is 0.303 e. The Hall–Kier alpha value is -3.24. The van der Waals surface area contributed by atoms with E-state index in [1.165, 1.54) is 289 Å². The molecule has 0 aliphatic carbocycles. The highest BCUT2D eigenvalue weighted by Crippen LogP contribution is 2.15. The van der Waals surface area contributed by atoms with Crippen LogP contribution in [0.3, 0.4) is 0 Å². The number of hydrogen-bond donors (Lipinski definition) is 6. The minimum absolute atomic E-state index is 0.139. The molecule has 0 saturated heterocycles. The van der Waals surface area contributed by atoms with Crippen molar-refractivity contribution < 1.29 is 49.8 Å². The maximum absolute atomic E-state index is 10.3. The second-order valence-electron chi connectivity index (χ2n) is 23.9. The third-order valence-electron chi connectivity index (χ3n) is 14.9. The van der Waals surface area contributed by atoms with Crippen LogP contribution < -0.4 is 0 Å². The average molecular weight is 1210 g/mol. The highest BCUT2D eigenvalue weighted by Gasteiger charge is 2.00. The van der Waals surface area contributed by atoms with Crippen molar-refractivity contribution in [2.24, 2.45) is 0 Å². The number of allylic oxidation sites excluding steroid dienone is 8. The molecule has 10 heteroatoms. The number of rotatable bonds is 61. The zero-order valence-electron chi connectivity index (χ0n) is 56.8. The van der Waals surface area contributed by atoms with Gasteiger partial charge in [0.15, 0.2) is 0 Å². The van der Waals surface area contributed by atoms with Crippen LogP contribution in [0.25, 0.3) is 0 Å². The summed E-state index contributed by atoms with van der Waals surface area (Å²) in [6.45, 7) is 10.4. The first kappa shape index (κ1) is 90.5. The lowest BCUT2D eigenvalue weighted by molar-refractivity contribution is -0.138. The van der Waals surface area contributed by atoms with E-state index >= 15 is 0 Å². The van der Waals surface area contributed by atoms with Crippen molar-refractivity contribution in [3.05, 3.63) is 48.6 Å². The molecule has 85 heavy (non-hydrogen) atoms. The van der Waals surface area contributed by atoms with Gasteiger partial charge in [0, 0.05) is 25.7 Å². The van der Waals surface area contributed by atoms with E-state index < -0.39 is 30.0 Å². The second kappa shape index (κ2) is 87.2. The molecule has 0 radical (unpaired) electrons. The lowest BCUT2D eigenvalue weighted by atomic mass is 10.1. The lowest BCUT2D eigenvalue weighted by Gasteiger charge is -1.99. The third kappa shape index (κ3) is 112. The van der Waals surface area contributed by atoms with E-state index in [1.807, 2.05) is 0 Å². The molecular formula is C75H144O10. The lowest BCUT2D eigenvalue weighted by Crippen LogP contribution is -2.03. The highest BCUT2D eigenvalue weighted by molar-refractivity contribution is 5.67. The number of aliphatic hydroxyl groups excluding tert-OH is 2. The second-order valence-corrected chi connectivity index (χ2v) is 23.9. The molecular weight excluding hydrogens is 1060 g/mol. The van der Waals surface area contributed by atoms with E-state index in [0.717, 1.165) is 51.4 Å². The van der Waals surface area contributed by atoms with Crippen molar-refractivity contribution >= 4 is 23.9 Å². The molecule has 6 N–H and O–H groups in total. The summed E-state index contributed by atoms with van der Waals surface area (Å²) in [4.78, 5) is 41.3. The summed E-state index contributed by atoms with van der Waals surface area (Å²) in [5, 5.41) is 50.0. The summed E-state index contributed by atoms with van der Waals surface area (Å²) >= 11 is 0. The molecule has 10 nitrogen and oxygen atoms in total. The number of aliphatic hydroxyl groups is 2. The van der Waals surface area contributed by atoms with Crippen molar-refractivity contribution in [2.75, 3.05) is 6.61 Å². The van der Waals surface area contributed by atoms with Crippen molar-refractivity contribution in [1.29, 1.82) is 0 Å². The Bertz CT molecular complexity index is 1200. The van der Waals surface area contributed by atoms with Crippen molar-refractivity contribution in [3.8, 4) is 0 Å².